The molecule has 0 aromatic carbocycles. The summed E-state index contributed by atoms with van der Waals surface area (Å²) in [7, 11) is 0. The molecule has 1 heterocycles. The van der Waals surface area contributed by atoms with E-state index < -0.39 is 34.5 Å². The van der Waals surface area contributed by atoms with E-state index in [1.807, 2.05) is 0 Å². The predicted molar refractivity (Wildman–Crippen MR) is 41.0 cm³/mol. The quantitative estimate of drug-likeness (QED) is 0.786. The Bertz CT molecular complexity index is 383. The van der Waals surface area contributed by atoms with E-state index in [1.54, 1.807) is 0 Å². The van der Waals surface area contributed by atoms with Crippen LogP contribution in [-0.2, 0) is 0 Å². The first-order valence-corrected chi connectivity index (χ1v) is 3.68. The predicted octanol–water partition coefficient (Wildman–Crippen LogP) is 2.24. The number of hydrogen-bond acceptors (Lipinski definition) is 3. The second kappa shape index (κ2) is 3.83. The van der Waals surface area contributed by atoms with Gasteiger partial charge in [0.15, 0.2) is 17.3 Å². The Morgan fingerprint density at radius 3 is 2.57 bits per heavy atom. The molecule has 0 atom stereocenters. The van der Waals surface area contributed by atoms with Crippen LogP contribution in [0.3, 0.4) is 0 Å². The van der Waals surface area contributed by atoms with E-state index in [9.17, 15) is 18.0 Å². The molecule has 0 spiro atoms. The second-order valence-electron chi connectivity index (χ2n) is 2.30. The lowest BCUT2D eigenvalue weighted by Gasteiger charge is -2.04. The van der Waals surface area contributed by atoms with Gasteiger partial charge in [0, 0.05) is 6.20 Å². The first-order valence-electron chi connectivity index (χ1n) is 3.30. The maximum absolute atomic E-state index is 12.9. The van der Waals surface area contributed by atoms with Crippen LogP contribution < -0.4 is 0 Å². The van der Waals surface area contributed by atoms with Crippen molar-refractivity contribution in [3.05, 3.63) is 23.3 Å². The van der Waals surface area contributed by atoms with Crippen LogP contribution in [-0.4, -0.2) is 15.3 Å². The van der Waals surface area contributed by atoms with Gasteiger partial charge in [0.05, 0.1) is 5.56 Å². The van der Waals surface area contributed by atoms with Crippen molar-refractivity contribution in [3.8, 4) is 5.75 Å². The summed E-state index contributed by atoms with van der Waals surface area (Å²) in [5.41, 5.74) is -1.86. The maximum Gasteiger partial charge on any atom is 0.274 e. The highest BCUT2D eigenvalue weighted by Crippen LogP contribution is 2.29. The molecule has 0 fully saturated rings. The summed E-state index contributed by atoms with van der Waals surface area (Å²) >= 11 is 4.90. The Morgan fingerprint density at radius 1 is 1.57 bits per heavy atom. The van der Waals surface area contributed by atoms with Gasteiger partial charge in [-0.25, -0.2) is 18.2 Å². The molecule has 1 aromatic rings. The number of nitrogens with zero attached hydrogens (tertiary/aromatic N) is 1. The fourth-order valence-corrected chi connectivity index (χ4v) is 0.927. The topological polar surface area (TPSA) is 50.2 Å². The molecule has 14 heavy (non-hydrogen) atoms. The summed E-state index contributed by atoms with van der Waals surface area (Å²) in [5, 5.41) is 7.70. The van der Waals surface area contributed by atoms with Crippen LogP contribution in [0.2, 0.25) is 0 Å². The van der Waals surface area contributed by atoms with Crippen LogP contribution in [0.15, 0.2) is 6.20 Å². The number of hydrogen-bond donors (Lipinski definition) is 1. The van der Waals surface area contributed by atoms with E-state index in [0.29, 0.717) is 6.20 Å². The third-order valence-electron chi connectivity index (χ3n) is 1.44. The third kappa shape index (κ3) is 1.79. The lowest BCUT2D eigenvalue weighted by atomic mass is 10.2. The molecule has 0 radical (unpaired) electrons. The van der Waals surface area contributed by atoms with Crippen molar-refractivity contribution in [3.63, 3.8) is 0 Å². The van der Waals surface area contributed by atoms with Crippen LogP contribution in [0.5, 0.6) is 5.75 Å². The summed E-state index contributed by atoms with van der Waals surface area (Å²) < 4.78 is 37.0. The van der Waals surface area contributed by atoms with E-state index in [1.165, 1.54) is 0 Å². The smallest absolute Gasteiger partial charge is 0.274 e. The molecule has 76 valence electrons. The summed E-state index contributed by atoms with van der Waals surface area (Å²) in [6.45, 7) is 0. The van der Waals surface area contributed by atoms with Crippen molar-refractivity contribution in [2.75, 3.05) is 0 Å². The van der Waals surface area contributed by atoms with Gasteiger partial charge in [0.25, 0.3) is 11.7 Å². The molecule has 0 unspecified atom stereocenters. The first kappa shape index (κ1) is 10.8. The standard InChI is InChI=1S/C7H3ClF3NO2/c8-6(14)4-5(13)3(9)2(1-12-4)7(10)11/h1,7,13H. The van der Waals surface area contributed by atoms with E-state index in [2.05, 4.69) is 4.98 Å². The van der Waals surface area contributed by atoms with Gasteiger partial charge in [-0.2, -0.15) is 0 Å². The number of rotatable bonds is 2. The summed E-state index contributed by atoms with van der Waals surface area (Å²) in [6, 6.07) is 0. The van der Waals surface area contributed by atoms with Gasteiger partial charge in [0.2, 0.25) is 0 Å². The highest BCUT2D eigenvalue weighted by molar-refractivity contribution is 6.67. The number of aromatic nitrogens is 1. The molecule has 1 rings (SSSR count). The highest BCUT2D eigenvalue weighted by atomic mass is 35.5. The number of alkyl halides is 2. The second-order valence-corrected chi connectivity index (χ2v) is 2.64. The Morgan fingerprint density at radius 2 is 2.14 bits per heavy atom. The van der Waals surface area contributed by atoms with Gasteiger partial charge < -0.3 is 5.11 Å². The van der Waals surface area contributed by atoms with Gasteiger partial charge in [-0.1, -0.05) is 0 Å². The Balaban J connectivity index is 3.33. The molecular weight excluding hydrogens is 223 g/mol. The maximum atomic E-state index is 12.9. The number of pyridine rings is 1. The molecule has 1 aromatic heterocycles. The largest absolute Gasteiger partial charge is 0.503 e. The monoisotopic (exact) mass is 225 g/mol. The first-order chi connectivity index (χ1) is 6.45. The van der Waals surface area contributed by atoms with Crippen molar-refractivity contribution in [2.45, 2.75) is 6.43 Å². The molecule has 0 saturated carbocycles. The van der Waals surface area contributed by atoms with E-state index in [-0.39, 0.29) is 0 Å². The summed E-state index contributed by atoms with van der Waals surface area (Å²) in [5.74, 6) is -2.85. The zero-order valence-electron chi connectivity index (χ0n) is 6.47. The molecule has 0 amide bonds. The van der Waals surface area contributed by atoms with Crippen LogP contribution in [0.25, 0.3) is 0 Å². The van der Waals surface area contributed by atoms with E-state index >= 15 is 0 Å². The molecule has 0 bridgehead atoms. The van der Waals surface area contributed by atoms with Crippen molar-refractivity contribution in [1.29, 1.82) is 0 Å². The Hall–Kier alpha value is -1.30. The van der Waals surface area contributed by atoms with E-state index in [0.717, 1.165) is 0 Å². The zero-order valence-corrected chi connectivity index (χ0v) is 7.23. The molecule has 1 N–H and O–H groups in total. The zero-order chi connectivity index (χ0) is 10.9. The molecule has 7 heteroatoms. The fourth-order valence-electron chi connectivity index (χ4n) is 0.789. The third-order valence-corrected chi connectivity index (χ3v) is 1.62. The lowest BCUT2D eigenvalue weighted by molar-refractivity contribution is 0.107. The normalized spacial score (nSPS) is 10.6. The number of halogens is 4. The molecule has 0 aliphatic heterocycles. The van der Waals surface area contributed by atoms with Crippen LogP contribution >= 0.6 is 11.6 Å². The van der Waals surface area contributed by atoms with Gasteiger partial charge >= 0.3 is 0 Å². The SMILES string of the molecule is O=C(Cl)c1ncc(C(F)F)c(F)c1O. The number of carbonyl (C=O) groups excluding carboxylic acids is 1. The lowest BCUT2D eigenvalue weighted by Crippen LogP contribution is -2.01. The molecular formula is C7H3ClF3NO2. The minimum atomic E-state index is -3.12. The fraction of sp³-hybridized carbons (Fsp3) is 0.143. The van der Waals surface area contributed by atoms with Gasteiger partial charge in [-0.15, -0.1) is 0 Å². The van der Waals surface area contributed by atoms with Gasteiger partial charge in [-0.05, 0) is 11.6 Å². The van der Waals surface area contributed by atoms with Crippen molar-refractivity contribution >= 4 is 16.8 Å². The van der Waals surface area contributed by atoms with Gasteiger partial charge in [0.1, 0.15) is 0 Å². The number of carbonyl (C=O) groups is 1. The minimum absolute atomic E-state index is 0.454. The van der Waals surface area contributed by atoms with Gasteiger partial charge in [-0.3, -0.25) is 4.79 Å². The average Bonchev–Trinajstić information content (AvgIpc) is 2.08. The average molecular weight is 226 g/mol. The van der Waals surface area contributed by atoms with Crippen molar-refractivity contribution in [1.82, 2.24) is 4.98 Å². The summed E-state index contributed by atoms with van der Waals surface area (Å²) in [6.07, 6.45) is -2.66. The molecule has 0 saturated heterocycles. The molecule has 3 nitrogen and oxygen atoms in total. The van der Waals surface area contributed by atoms with Crippen molar-refractivity contribution < 1.29 is 23.1 Å². The molecule has 0 aliphatic rings. The van der Waals surface area contributed by atoms with E-state index in [4.69, 9.17) is 16.7 Å². The highest BCUT2D eigenvalue weighted by Gasteiger charge is 2.22. The van der Waals surface area contributed by atoms with Crippen molar-refractivity contribution in [2.24, 2.45) is 0 Å². The minimum Gasteiger partial charge on any atom is -0.503 e. The molecule has 0 aliphatic carbocycles. The van der Waals surface area contributed by atoms with Crippen LogP contribution in [0, 0.1) is 5.82 Å². The van der Waals surface area contributed by atoms with Crippen LogP contribution in [0.1, 0.15) is 22.5 Å². The number of aromatic hydroxyl groups is 1. The van der Waals surface area contributed by atoms with Crippen LogP contribution in [0.4, 0.5) is 13.2 Å². The Kier molecular flexibility index (Phi) is 2.95. The Labute approximate surface area is 81.1 Å². The summed E-state index contributed by atoms with van der Waals surface area (Å²) in [4.78, 5) is 13.6.